The van der Waals surface area contributed by atoms with Gasteiger partial charge in [0, 0.05) is 89.1 Å². The Kier molecular flexibility index (Phi) is 16.6. The van der Waals surface area contributed by atoms with Gasteiger partial charge in [0.15, 0.2) is 11.6 Å². The van der Waals surface area contributed by atoms with Crippen LogP contribution in [0.2, 0.25) is 0 Å². The highest BCUT2D eigenvalue weighted by Gasteiger charge is 2.37. The van der Waals surface area contributed by atoms with E-state index < -0.39 is 0 Å². The molecule has 12 aromatic carbocycles. The van der Waals surface area contributed by atoms with Crippen molar-refractivity contribution in [3.8, 4) is 58.9 Å². The van der Waals surface area contributed by atoms with E-state index in [1.54, 1.807) is 0 Å². The molecule has 0 aromatic heterocycles. The molecule has 0 saturated carbocycles. The highest BCUT2D eigenvalue weighted by Crippen LogP contribution is 2.52. The third kappa shape index (κ3) is 12.8. The number of ether oxygens (including phenoxy) is 1. The van der Waals surface area contributed by atoms with Crippen LogP contribution < -0.4 is 4.74 Å². The number of ketones is 2. The van der Waals surface area contributed by atoms with Crippen molar-refractivity contribution < 1.29 is 14.3 Å². The Labute approximate surface area is 542 Å². The van der Waals surface area contributed by atoms with Crippen molar-refractivity contribution in [3.63, 3.8) is 0 Å². The predicted octanol–water partition coefficient (Wildman–Crippen LogP) is 19.3. The van der Waals surface area contributed by atoms with E-state index in [4.69, 9.17) is 4.74 Å². The zero-order chi connectivity index (χ0) is 62.7. The van der Waals surface area contributed by atoms with Crippen LogP contribution in [-0.4, -0.2) is 11.6 Å². The van der Waals surface area contributed by atoms with Gasteiger partial charge in [0.05, 0.1) is 0 Å². The van der Waals surface area contributed by atoms with Gasteiger partial charge >= 0.3 is 0 Å². The normalized spacial score (nSPS) is 12.5. The molecule has 14 rings (SSSR count). The molecule has 0 saturated heterocycles. The molecule has 0 aliphatic heterocycles. The zero-order valence-corrected chi connectivity index (χ0v) is 50.4. The van der Waals surface area contributed by atoms with Crippen LogP contribution >= 0.6 is 0 Å². The highest BCUT2D eigenvalue weighted by molar-refractivity contribution is 6.60. The Hall–Kier alpha value is -13.0. The summed E-state index contributed by atoms with van der Waals surface area (Å²) in [5, 5.41) is 0. The fourth-order valence-corrected chi connectivity index (χ4v) is 11.7. The number of hydrogen-bond donors (Lipinski definition) is 0. The van der Waals surface area contributed by atoms with Gasteiger partial charge in [0.1, 0.15) is 11.5 Å². The Morgan fingerprint density at radius 1 is 0.161 bits per heavy atom. The van der Waals surface area contributed by atoms with E-state index in [9.17, 15) is 0 Å². The predicted molar refractivity (Wildman–Crippen MR) is 379 cm³/mol. The summed E-state index contributed by atoms with van der Waals surface area (Å²) in [6, 6.07) is 108. The van der Waals surface area contributed by atoms with Gasteiger partial charge in [0.25, 0.3) is 0 Å². The van der Waals surface area contributed by atoms with Crippen LogP contribution in [0.25, 0.3) is 44.6 Å². The van der Waals surface area contributed by atoms with Crippen molar-refractivity contribution in [2.45, 2.75) is 0 Å². The van der Waals surface area contributed by atoms with Gasteiger partial charge in [-0.15, -0.1) is 0 Å². The summed E-state index contributed by atoms with van der Waals surface area (Å²) in [5.74, 6) is 27.4. The van der Waals surface area contributed by atoms with Crippen LogP contribution in [0.15, 0.2) is 328 Å². The maximum absolute atomic E-state index is 15.5. The molecule has 0 amide bonds. The average Bonchev–Trinajstić information content (AvgIpc) is 1.60. The molecule has 0 unspecified atom stereocenters. The molecule has 2 aliphatic rings. The van der Waals surface area contributed by atoms with Gasteiger partial charge in [-0.3, -0.25) is 9.59 Å². The molecule has 3 heteroatoms. The first kappa shape index (κ1) is 57.7. The SMILES string of the molecule is O=C1C(c2ccc(C#Cc3ccccc3)cc2)=C(c2ccc(C#Cc3ccccc3)cc2)C(c2ccc(Oc3ccc(C4=C(c5ccccc5)C(=O)C(c5ccc(C#Cc6ccccc6)cc5)=C4c4ccc(C#Cc5ccccc5)cc4)cc3)cc2)=C1c1ccccc1. The maximum Gasteiger partial charge on any atom is 0.195 e. The minimum atomic E-state index is -0.0743. The largest absolute Gasteiger partial charge is 0.457 e. The number of benzene rings is 12. The van der Waals surface area contributed by atoms with Crippen molar-refractivity contribution in [2.24, 2.45) is 0 Å². The smallest absolute Gasteiger partial charge is 0.195 e. The summed E-state index contributed by atoms with van der Waals surface area (Å²) >= 11 is 0. The Balaban J connectivity index is 0.823. The van der Waals surface area contributed by atoms with E-state index in [-0.39, 0.29) is 11.6 Å². The van der Waals surface area contributed by atoms with E-state index in [0.29, 0.717) is 33.8 Å². The Bertz CT molecular complexity index is 4850. The minimum Gasteiger partial charge on any atom is -0.457 e. The van der Waals surface area contributed by atoms with Gasteiger partial charge in [0.2, 0.25) is 0 Å². The van der Waals surface area contributed by atoms with Gasteiger partial charge in [-0.25, -0.2) is 0 Å². The number of hydrogen-bond acceptors (Lipinski definition) is 3. The second kappa shape index (κ2) is 26.8. The summed E-state index contributed by atoms with van der Waals surface area (Å²) in [7, 11) is 0. The fourth-order valence-electron chi connectivity index (χ4n) is 11.7. The summed E-state index contributed by atoms with van der Waals surface area (Å²) in [5.41, 5.74) is 19.4. The van der Waals surface area contributed by atoms with Crippen LogP contribution in [0.4, 0.5) is 0 Å². The molecular formula is C90H54O3. The third-order valence-corrected chi connectivity index (χ3v) is 16.2. The number of rotatable bonds is 10. The van der Waals surface area contributed by atoms with Crippen molar-refractivity contribution in [1.82, 2.24) is 0 Å². The van der Waals surface area contributed by atoms with Crippen molar-refractivity contribution in [2.75, 3.05) is 0 Å². The minimum absolute atomic E-state index is 0.0743. The molecule has 0 fully saturated rings. The maximum atomic E-state index is 15.5. The molecule has 0 atom stereocenters. The lowest BCUT2D eigenvalue weighted by molar-refractivity contribution is -0.109. The van der Waals surface area contributed by atoms with Crippen LogP contribution in [-0.2, 0) is 9.59 Å². The van der Waals surface area contributed by atoms with Crippen LogP contribution in [0.3, 0.4) is 0 Å². The second-order valence-electron chi connectivity index (χ2n) is 22.3. The average molecular weight is 1180 g/mol. The lowest BCUT2D eigenvalue weighted by Crippen LogP contribution is -2.02. The molecule has 432 valence electrons. The highest BCUT2D eigenvalue weighted by atomic mass is 16.5. The van der Waals surface area contributed by atoms with Gasteiger partial charge in [-0.05, 0) is 166 Å². The first-order valence-electron chi connectivity index (χ1n) is 30.7. The third-order valence-electron chi connectivity index (χ3n) is 16.2. The standard InChI is InChI=1S/C90H54O3/c91-89-85(71-27-15-5-16-28-71)83(81(73-47-39-67(40-48-73)35-31-63-19-7-1-8-20-63)87(89)77-51-43-69(44-52-77)37-33-65-23-11-3-12-24-65)75-55-59-79(60-56-75)93-80-61-57-76(58-62-80)84-82(74-49-41-68(42-50-74)36-32-64-21-9-2-10-22-64)88(90(92)86(84)72-29-17-6-18-30-72)78-53-45-70(46-54-78)38-34-66-25-13-4-14-26-66/h1-30,39-62H. The topological polar surface area (TPSA) is 43.4 Å². The fraction of sp³-hybridized carbons (Fsp3) is 0. The lowest BCUT2D eigenvalue weighted by Gasteiger charge is -2.15. The molecule has 93 heavy (non-hydrogen) atoms. The van der Waals surface area contributed by atoms with E-state index in [0.717, 1.165) is 111 Å². The Morgan fingerprint density at radius 2 is 0.323 bits per heavy atom. The lowest BCUT2D eigenvalue weighted by atomic mass is 9.88. The molecule has 0 bridgehead atoms. The number of carbonyl (C=O) groups is 2. The monoisotopic (exact) mass is 1180 g/mol. The molecule has 0 spiro atoms. The number of carbonyl (C=O) groups excluding carboxylic acids is 2. The van der Waals surface area contributed by atoms with Gasteiger partial charge in [-0.2, -0.15) is 0 Å². The second-order valence-corrected chi connectivity index (χ2v) is 22.3. The molecular weight excluding hydrogens is 1130 g/mol. The number of allylic oxidation sites excluding steroid dienone is 8. The summed E-state index contributed by atoms with van der Waals surface area (Å²) in [6.45, 7) is 0. The molecule has 0 radical (unpaired) electrons. The Morgan fingerprint density at radius 3 is 0.538 bits per heavy atom. The zero-order valence-electron chi connectivity index (χ0n) is 50.4. The van der Waals surface area contributed by atoms with Crippen LogP contribution in [0.5, 0.6) is 11.5 Å². The van der Waals surface area contributed by atoms with Gasteiger partial charge < -0.3 is 4.74 Å². The van der Waals surface area contributed by atoms with Crippen LogP contribution in [0, 0.1) is 47.4 Å². The van der Waals surface area contributed by atoms with Crippen molar-refractivity contribution >= 4 is 56.2 Å². The number of Topliss-reactive ketones (excluding diaryl/α,β-unsaturated/α-hetero) is 2. The van der Waals surface area contributed by atoms with E-state index >= 15 is 9.59 Å². The van der Waals surface area contributed by atoms with E-state index in [1.165, 1.54) is 0 Å². The first-order valence-corrected chi connectivity index (χ1v) is 30.7. The van der Waals surface area contributed by atoms with Gasteiger partial charge in [-0.1, -0.05) is 254 Å². The van der Waals surface area contributed by atoms with Crippen LogP contribution in [0.1, 0.15) is 89.0 Å². The van der Waals surface area contributed by atoms with Crippen molar-refractivity contribution in [3.05, 3.63) is 417 Å². The quantitative estimate of drug-likeness (QED) is 0.128. The van der Waals surface area contributed by atoms with Crippen molar-refractivity contribution in [1.29, 1.82) is 0 Å². The summed E-state index contributed by atoms with van der Waals surface area (Å²) < 4.78 is 6.70. The van der Waals surface area contributed by atoms with E-state index in [1.807, 2.05) is 303 Å². The molecule has 2 aliphatic carbocycles. The summed E-state index contributed by atoms with van der Waals surface area (Å²) in [6.07, 6.45) is 0. The molecule has 0 N–H and O–H groups in total. The first-order chi connectivity index (χ1) is 45.9. The molecule has 12 aromatic rings. The van der Waals surface area contributed by atoms with E-state index in [2.05, 4.69) is 71.6 Å². The molecule has 3 nitrogen and oxygen atoms in total. The molecule has 0 heterocycles. The summed E-state index contributed by atoms with van der Waals surface area (Å²) in [4.78, 5) is 30.9.